The molecule has 2 nitrogen and oxygen atoms in total. The van der Waals surface area contributed by atoms with Crippen LogP contribution in [0.2, 0.25) is 78.6 Å². The van der Waals surface area contributed by atoms with Crippen molar-refractivity contribution < 1.29 is 4.32 Å². The molecule has 0 unspecified atom stereocenters. The van der Waals surface area contributed by atoms with Gasteiger partial charge in [0.2, 0.25) is 0 Å². The van der Waals surface area contributed by atoms with Gasteiger partial charge in [-0.05, 0) is 0 Å². The first-order valence-electron chi connectivity index (χ1n) is 7.63. The Morgan fingerprint density at radius 3 is 0.750 bits per heavy atom. The molecule has 0 aromatic heterocycles. The minimum atomic E-state index is -1.68. The van der Waals surface area contributed by atoms with Crippen LogP contribution in [0.4, 0.5) is 4.32 Å². The molecule has 0 fully saturated rings. The Morgan fingerprint density at radius 1 is 0.500 bits per heavy atom. The fourth-order valence-corrected chi connectivity index (χ4v) is 23.0. The van der Waals surface area contributed by atoms with Gasteiger partial charge in [-0.3, -0.25) is 4.32 Å². The average Bonchev–Trinajstić information content (AvgIpc) is 1.88. The lowest BCUT2D eigenvalue weighted by Gasteiger charge is -2.53. The third-order valence-electron chi connectivity index (χ3n) is 3.32. The lowest BCUT2D eigenvalue weighted by molar-refractivity contribution is 0.634. The lowest BCUT2D eigenvalue weighted by atomic mass is 10.2. The molecule has 0 aliphatic rings. The molecule has 0 aliphatic heterocycles. The van der Waals surface area contributed by atoms with Crippen molar-refractivity contribution in [2.75, 3.05) is 0 Å². The van der Waals surface area contributed by atoms with E-state index in [1.54, 1.807) is 0 Å². The smallest absolute Gasteiger partial charge is 0.344 e. The van der Waals surface area contributed by atoms with E-state index in [0.717, 1.165) is 0 Å². The van der Waals surface area contributed by atoms with Crippen LogP contribution < -0.4 is 0 Å². The first-order valence-corrected chi connectivity index (χ1v) is 21.4. The van der Waals surface area contributed by atoms with Crippen LogP contribution in [-0.2, 0) is 0 Å². The van der Waals surface area contributed by atoms with E-state index in [-0.39, 0.29) is 0 Å². The Morgan fingerprint density at radius 2 is 0.650 bits per heavy atom. The maximum atomic E-state index is 15.7. The van der Waals surface area contributed by atoms with E-state index in [2.05, 4.69) is 86.8 Å². The van der Waals surface area contributed by atoms with E-state index in [0.29, 0.717) is 0 Å². The molecule has 0 aliphatic carbocycles. The maximum absolute atomic E-state index is 15.7. The predicted octanol–water partition coefficient (Wildman–Crippen LogP) is 4.88. The molecule has 0 radical (unpaired) electrons. The van der Waals surface area contributed by atoms with Crippen molar-refractivity contribution in [2.24, 2.45) is 0 Å². The summed E-state index contributed by atoms with van der Waals surface area (Å²) >= 11 is 0. The van der Waals surface area contributed by atoms with Crippen LogP contribution in [0.15, 0.2) is 0 Å². The fourth-order valence-electron chi connectivity index (χ4n) is 3.41. The van der Waals surface area contributed by atoms with Gasteiger partial charge in [0.05, 0.1) is 0 Å². The Balaban J connectivity index is 5.81. The van der Waals surface area contributed by atoms with Crippen molar-refractivity contribution in [1.82, 2.24) is 8.28 Å². The van der Waals surface area contributed by atoms with Crippen molar-refractivity contribution in [3.05, 3.63) is 0 Å². The predicted molar refractivity (Wildman–Crippen MR) is 104 cm³/mol. The van der Waals surface area contributed by atoms with E-state index in [1.807, 2.05) is 0 Å². The Bertz CT molecular complexity index is 268. The zero-order valence-electron chi connectivity index (χ0n) is 15.8. The SMILES string of the molecule is C[Si](C)(C)N(B(F)N([Si](C)(C)C)[Si](C)(C)C)[Si](C)(C)C. The largest absolute Gasteiger partial charge is 0.493 e. The fraction of sp³-hybridized carbons (Fsp3) is 1.00. The third-order valence-corrected chi connectivity index (χ3v) is 18.0. The van der Waals surface area contributed by atoms with Crippen LogP contribution in [-0.4, -0.2) is 48.5 Å². The third kappa shape index (κ3) is 5.53. The van der Waals surface area contributed by atoms with Gasteiger partial charge in [-0.2, -0.15) is 0 Å². The molecule has 0 atom stereocenters. The molecule has 8 heteroatoms. The van der Waals surface area contributed by atoms with Crippen LogP contribution in [0.1, 0.15) is 0 Å². The van der Waals surface area contributed by atoms with Gasteiger partial charge >= 0.3 is 7.26 Å². The molecule has 120 valence electrons. The highest BCUT2D eigenvalue weighted by Gasteiger charge is 2.51. The lowest BCUT2D eigenvalue weighted by Crippen LogP contribution is -2.75. The summed E-state index contributed by atoms with van der Waals surface area (Å²) in [5.74, 6) is 0. The zero-order valence-corrected chi connectivity index (χ0v) is 19.8. The summed E-state index contributed by atoms with van der Waals surface area (Å²) in [6.07, 6.45) is 0. The summed E-state index contributed by atoms with van der Waals surface area (Å²) < 4.78 is 20.3. The van der Waals surface area contributed by atoms with Gasteiger partial charge in [0.25, 0.3) is 0 Å². The normalized spacial score (nSPS) is 15.2. The Hall–Kier alpha value is 0.782. The van der Waals surface area contributed by atoms with Gasteiger partial charge in [0.1, 0.15) is 32.9 Å². The van der Waals surface area contributed by atoms with Crippen molar-refractivity contribution in [1.29, 1.82) is 0 Å². The van der Waals surface area contributed by atoms with Crippen molar-refractivity contribution in [2.45, 2.75) is 78.6 Å². The van der Waals surface area contributed by atoms with E-state index < -0.39 is 40.2 Å². The monoisotopic (exact) mass is 350 g/mol. The Kier molecular flexibility index (Phi) is 6.35. The van der Waals surface area contributed by atoms with Gasteiger partial charge in [-0.15, -0.1) is 0 Å². The van der Waals surface area contributed by atoms with Crippen LogP contribution in [0.3, 0.4) is 0 Å². The van der Waals surface area contributed by atoms with Gasteiger partial charge in [0, 0.05) is 0 Å². The molecular weight excluding hydrogens is 314 g/mol. The summed E-state index contributed by atoms with van der Waals surface area (Å²) in [5.41, 5.74) is 0. The molecule has 0 aromatic carbocycles. The van der Waals surface area contributed by atoms with Crippen molar-refractivity contribution >= 4 is 40.2 Å². The van der Waals surface area contributed by atoms with Gasteiger partial charge in [-0.1, -0.05) is 78.6 Å². The molecule has 0 amide bonds. The second-order valence-electron chi connectivity index (χ2n) is 9.73. The molecule has 0 heterocycles. The molecular formula is C12H36BFN2Si4. The van der Waals surface area contributed by atoms with Gasteiger partial charge in [-0.25, -0.2) is 0 Å². The quantitative estimate of drug-likeness (QED) is 0.630. The molecule has 0 saturated carbocycles. The maximum Gasteiger partial charge on any atom is 0.493 e. The zero-order chi connectivity index (χ0) is 16.7. The van der Waals surface area contributed by atoms with E-state index in [4.69, 9.17) is 0 Å². The first-order chi connectivity index (χ1) is 8.40. The van der Waals surface area contributed by atoms with Crippen molar-refractivity contribution in [3.8, 4) is 0 Å². The molecule has 0 rings (SSSR count). The number of halogens is 1. The van der Waals surface area contributed by atoms with Crippen LogP contribution in [0.25, 0.3) is 0 Å². The van der Waals surface area contributed by atoms with Crippen LogP contribution in [0, 0.1) is 0 Å². The summed E-state index contributed by atoms with van der Waals surface area (Å²) in [6, 6.07) is 0. The summed E-state index contributed by atoms with van der Waals surface area (Å²) in [5, 5.41) is 0. The first kappa shape index (κ1) is 20.8. The number of rotatable bonds is 6. The summed E-state index contributed by atoms with van der Waals surface area (Å²) in [4.78, 5) is 0. The highest BCUT2D eigenvalue weighted by molar-refractivity contribution is 7.04. The van der Waals surface area contributed by atoms with Gasteiger partial charge in [0.15, 0.2) is 0 Å². The number of hydrogen-bond acceptors (Lipinski definition) is 2. The molecule has 0 spiro atoms. The Labute approximate surface area is 131 Å². The van der Waals surface area contributed by atoms with Crippen molar-refractivity contribution in [3.63, 3.8) is 0 Å². The summed E-state index contributed by atoms with van der Waals surface area (Å²) in [6.45, 7) is 27.4. The summed E-state index contributed by atoms with van der Waals surface area (Å²) in [7, 11) is -7.61. The minimum absolute atomic E-state index is 0.883. The van der Waals surface area contributed by atoms with E-state index in [1.165, 1.54) is 0 Å². The van der Waals surface area contributed by atoms with E-state index >= 15 is 4.32 Å². The van der Waals surface area contributed by atoms with E-state index in [9.17, 15) is 0 Å². The average molecular weight is 351 g/mol. The van der Waals surface area contributed by atoms with Crippen LogP contribution in [0.5, 0.6) is 0 Å². The number of nitrogens with zero attached hydrogens (tertiary/aromatic N) is 2. The molecule has 20 heavy (non-hydrogen) atoms. The molecule has 0 bridgehead atoms. The molecule has 0 aromatic rings. The highest BCUT2D eigenvalue weighted by atomic mass is 28.4. The number of hydrogen-bond donors (Lipinski definition) is 0. The molecule has 0 saturated heterocycles. The second-order valence-corrected chi connectivity index (χ2v) is 29.9. The highest BCUT2D eigenvalue weighted by Crippen LogP contribution is 2.29. The standard InChI is InChI=1S/C12H36BFN2Si4/c1-17(2,3)15(18(4,5)6)13(14)16(19(7,8)9)20(10,11)12/h1-12H3. The molecule has 0 N–H and O–H groups in total. The van der Waals surface area contributed by atoms with Gasteiger partial charge < -0.3 is 8.28 Å². The van der Waals surface area contributed by atoms with Crippen LogP contribution >= 0.6 is 0 Å². The topological polar surface area (TPSA) is 6.48 Å². The minimum Gasteiger partial charge on any atom is -0.344 e. The second kappa shape index (κ2) is 6.12.